The van der Waals surface area contributed by atoms with E-state index >= 15 is 0 Å². The Balaban J connectivity index is 2.95. The molecule has 0 radical (unpaired) electrons. The normalized spacial score (nSPS) is 10.1. The van der Waals surface area contributed by atoms with Gasteiger partial charge in [-0.2, -0.15) is 0 Å². The largest absolute Gasteiger partial charge is 0.385 e. The number of hydrogen-bond donors (Lipinski definition) is 1. The van der Waals surface area contributed by atoms with Gasteiger partial charge < -0.3 is 10.1 Å². The van der Waals surface area contributed by atoms with Gasteiger partial charge in [-0.3, -0.25) is 10.1 Å². The molecule has 0 fully saturated rings. The standard InChI is InChI=1S/C11H16N2O3/c1-3-12-11-6-5-10(13(14)15)7-9(11)8-16-4-2/h5-7,12H,3-4,8H2,1-2H3. The van der Waals surface area contributed by atoms with Gasteiger partial charge in [0.25, 0.3) is 5.69 Å². The van der Waals surface area contributed by atoms with E-state index in [9.17, 15) is 10.1 Å². The molecule has 1 rings (SSSR count). The molecule has 0 aliphatic rings. The molecule has 1 aromatic rings. The van der Waals surface area contributed by atoms with Crippen molar-refractivity contribution in [1.82, 2.24) is 0 Å². The molecule has 0 unspecified atom stereocenters. The highest BCUT2D eigenvalue weighted by Gasteiger charge is 2.10. The molecule has 0 heterocycles. The number of benzene rings is 1. The maximum absolute atomic E-state index is 10.6. The van der Waals surface area contributed by atoms with E-state index in [2.05, 4.69) is 5.32 Å². The van der Waals surface area contributed by atoms with Gasteiger partial charge in [-0.25, -0.2) is 0 Å². The number of hydrogen-bond acceptors (Lipinski definition) is 4. The fourth-order valence-electron chi connectivity index (χ4n) is 1.39. The van der Waals surface area contributed by atoms with Gasteiger partial charge in [-0.15, -0.1) is 0 Å². The summed E-state index contributed by atoms with van der Waals surface area (Å²) in [7, 11) is 0. The quantitative estimate of drug-likeness (QED) is 0.595. The van der Waals surface area contributed by atoms with Crippen LogP contribution in [0.1, 0.15) is 19.4 Å². The van der Waals surface area contributed by atoms with E-state index in [1.165, 1.54) is 6.07 Å². The van der Waals surface area contributed by atoms with Gasteiger partial charge in [0, 0.05) is 36.5 Å². The Labute approximate surface area is 94.6 Å². The Kier molecular flexibility index (Phi) is 4.72. The molecular formula is C11H16N2O3. The van der Waals surface area contributed by atoms with Gasteiger partial charge in [0.15, 0.2) is 0 Å². The zero-order valence-electron chi connectivity index (χ0n) is 9.53. The third-order valence-corrected chi connectivity index (χ3v) is 2.13. The second kappa shape index (κ2) is 6.07. The lowest BCUT2D eigenvalue weighted by Crippen LogP contribution is -2.03. The lowest BCUT2D eigenvalue weighted by molar-refractivity contribution is -0.384. The molecule has 0 aromatic heterocycles. The molecule has 16 heavy (non-hydrogen) atoms. The molecule has 0 aliphatic carbocycles. The molecule has 0 bridgehead atoms. The molecule has 5 nitrogen and oxygen atoms in total. The third-order valence-electron chi connectivity index (χ3n) is 2.13. The number of anilines is 1. The van der Waals surface area contributed by atoms with Crippen LogP contribution in [0.2, 0.25) is 0 Å². The number of nitrogens with one attached hydrogen (secondary N) is 1. The first-order valence-corrected chi connectivity index (χ1v) is 5.28. The van der Waals surface area contributed by atoms with Crippen molar-refractivity contribution in [3.63, 3.8) is 0 Å². The SMILES string of the molecule is CCNc1ccc([N+](=O)[O-])cc1COCC. The Bertz CT molecular complexity index is 366. The van der Waals surface area contributed by atoms with Gasteiger partial charge in [0.1, 0.15) is 0 Å². The number of nitrogens with zero attached hydrogens (tertiary/aromatic N) is 1. The van der Waals surface area contributed by atoms with Crippen LogP contribution in [-0.2, 0) is 11.3 Å². The van der Waals surface area contributed by atoms with Crippen molar-refractivity contribution in [2.75, 3.05) is 18.5 Å². The Hall–Kier alpha value is -1.62. The minimum absolute atomic E-state index is 0.0938. The molecular weight excluding hydrogens is 208 g/mol. The van der Waals surface area contributed by atoms with Crippen LogP contribution in [0.5, 0.6) is 0 Å². The zero-order chi connectivity index (χ0) is 12.0. The van der Waals surface area contributed by atoms with E-state index in [4.69, 9.17) is 4.74 Å². The molecule has 5 heteroatoms. The topological polar surface area (TPSA) is 64.4 Å². The minimum atomic E-state index is -0.398. The van der Waals surface area contributed by atoms with E-state index in [-0.39, 0.29) is 5.69 Å². The van der Waals surface area contributed by atoms with E-state index < -0.39 is 4.92 Å². The number of non-ortho nitro benzene ring substituents is 1. The van der Waals surface area contributed by atoms with Crippen molar-refractivity contribution in [3.05, 3.63) is 33.9 Å². The fourth-order valence-corrected chi connectivity index (χ4v) is 1.39. The second-order valence-electron chi connectivity index (χ2n) is 3.27. The molecule has 1 N–H and O–H groups in total. The van der Waals surface area contributed by atoms with E-state index in [1.54, 1.807) is 12.1 Å². The maximum atomic E-state index is 10.6. The number of rotatable bonds is 6. The average Bonchev–Trinajstić information content (AvgIpc) is 2.27. The first-order valence-electron chi connectivity index (χ1n) is 5.28. The molecule has 1 aromatic carbocycles. The summed E-state index contributed by atoms with van der Waals surface area (Å²) in [4.78, 5) is 10.2. The molecule has 88 valence electrons. The van der Waals surface area contributed by atoms with Gasteiger partial charge in [-0.1, -0.05) is 0 Å². The van der Waals surface area contributed by atoms with E-state index in [0.29, 0.717) is 13.2 Å². The van der Waals surface area contributed by atoms with Crippen LogP contribution in [0, 0.1) is 10.1 Å². The summed E-state index contributed by atoms with van der Waals surface area (Å²) in [5.74, 6) is 0. The van der Waals surface area contributed by atoms with Crippen LogP contribution in [0.4, 0.5) is 11.4 Å². The predicted molar refractivity (Wildman–Crippen MR) is 62.6 cm³/mol. The predicted octanol–water partition coefficient (Wildman–Crippen LogP) is 2.56. The smallest absolute Gasteiger partial charge is 0.269 e. The van der Waals surface area contributed by atoms with E-state index in [0.717, 1.165) is 17.8 Å². The van der Waals surface area contributed by atoms with Gasteiger partial charge in [0.2, 0.25) is 0 Å². The zero-order valence-corrected chi connectivity index (χ0v) is 9.53. The van der Waals surface area contributed by atoms with Crippen molar-refractivity contribution in [1.29, 1.82) is 0 Å². The molecule has 0 amide bonds. The van der Waals surface area contributed by atoms with Crippen LogP contribution in [0.25, 0.3) is 0 Å². The summed E-state index contributed by atoms with van der Waals surface area (Å²) in [6, 6.07) is 4.76. The molecule has 0 spiro atoms. The lowest BCUT2D eigenvalue weighted by Gasteiger charge is -2.10. The number of nitro groups is 1. The van der Waals surface area contributed by atoms with Crippen LogP contribution in [-0.4, -0.2) is 18.1 Å². The summed E-state index contributed by atoms with van der Waals surface area (Å²) in [6.07, 6.45) is 0. The molecule has 0 saturated heterocycles. The summed E-state index contributed by atoms with van der Waals surface area (Å²) >= 11 is 0. The molecule has 0 saturated carbocycles. The highest BCUT2D eigenvalue weighted by molar-refractivity contribution is 5.55. The monoisotopic (exact) mass is 224 g/mol. The average molecular weight is 224 g/mol. The minimum Gasteiger partial charge on any atom is -0.385 e. The molecule has 0 aliphatic heterocycles. The van der Waals surface area contributed by atoms with Crippen molar-refractivity contribution >= 4 is 11.4 Å². The summed E-state index contributed by atoms with van der Waals surface area (Å²) in [6.45, 7) is 5.63. The van der Waals surface area contributed by atoms with Crippen molar-refractivity contribution in [2.24, 2.45) is 0 Å². The van der Waals surface area contributed by atoms with Crippen LogP contribution >= 0.6 is 0 Å². The van der Waals surface area contributed by atoms with Gasteiger partial charge in [-0.05, 0) is 19.9 Å². The summed E-state index contributed by atoms with van der Waals surface area (Å²) in [5.41, 5.74) is 1.80. The van der Waals surface area contributed by atoms with Gasteiger partial charge >= 0.3 is 0 Å². The van der Waals surface area contributed by atoms with E-state index in [1.807, 2.05) is 13.8 Å². The maximum Gasteiger partial charge on any atom is 0.269 e. The van der Waals surface area contributed by atoms with Crippen LogP contribution < -0.4 is 5.32 Å². The van der Waals surface area contributed by atoms with Crippen LogP contribution in [0.15, 0.2) is 18.2 Å². The Morgan fingerprint density at radius 2 is 2.19 bits per heavy atom. The van der Waals surface area contributed by atoms with Crippen molar-refractivity contribution in [2.45, 2.75) is 20.5 Å². The van der Waals surface area contributed by atoms with Crippen molar-refractivity contribution in [3.8, 4) is 0 Å². The first-order chi connectivity index (χ1) is 7.69. The Morgan fingerprint density at radius 1 is 1.44 bits per heavy atom. The second-order valence-corrected chi connectivity index (χ2v) is 3.27. The first kappa shape index (κ1) is 12.4. The highest BCUT2D eigenvalue weighted by Crippen LogP contribution is 2.22. The number of nitro benzene ring substituents is 1. The Morgan fingerprint density at radius 3 is 2.75 bits per heavy atom. The van der Waals surface area contributed by atoms with Gasteiger partial charge in [0.05, 0.1) is 11.5 Å². The number of ether oxygens (including phenoxy) is 1. The fraction of sp³-hybridized carbons (Fsp3) is 0.455. The summed E-state index contributed by atoms with van der Waals surface area (Å²) in [5, 5.41) is 13.8. The molecule has 0 atom stereocenters. The third kappa shape index (κ3) is 3.20. The highest BCUT2D eigenvalue weighted by atomic mass is 16.6. The van der Waals surface area contributed by atoms with Crippen LogP contribution in [0.3, 0.4) is 0 Å². The van der Waals surface area contributed by atoms with Crippen molar-refractivity contribution < 1.29 is 9.66 Å². The lowest BCUT2D eigenvalue weighted by atomic mass is 10.1. The summed E-state index contributed by atoms with van der Waals surface area (Å²) < 4.78 is 5.28.